The highest BCUT2D eigenvalue weighted by atomic mass is 16.2. The second-order valence-corrected chi connectivity index (χ2v) is 8.13. The topological polar surface area (TPSA) is 90.5 Å². The Balaban J connectivity index is 1.26. The summed E-state index contributed by atoms with van der Waals surface area (Å²) < 4.78 is 0. The van der Waals surface area contributed by atoms with Gasteiger partial charge in [-0.1, -0.05) is 12.1 Å². The number of rotatable bonds is 4. The third kappa shape index (κ3) is 3.04. The summed E-state index contributed by atoms with van der Waals surface area (Å²) in [5.41, 5.74) is 2.81. The van der Waals surface area contributed by atoms with Crippen molar-refractivity contribution in [3.63, 3.8) is 0 Å². The number of hydrogen-bond donors (Lipinski definition) is 3. The molecule has 3 N–H and O–H groups in total. The first kappa shape index (κ1) is 16.9. The van der Waals surface area contributed by atoms with Crippen LogP contribution >= 0.6 is 0 Å². The summed E-state index contributed by atoms with van der Waals surface area (Å²) in [6.45, 7) is 2.32. The lowest BCUT2D eigenvalue weighted by atomic mass is 10.0. The zero-order chi connectivity index (χ0) is 18.5. The number of imide groups is 1. The fourth-order valence-corrected chi connectivity index (χ4v) is 4.77. The lowest BCUT2D eigenvalue weighted by Gasteiger charge is -2.29. The Morgan fingerprint density at radius 3 is 2.93 bits per heavy atom. The number of benzene rings is 1. The van der Waals surface area contributed by atoms with E-state index in [4.69, 9.17) is 0 Å². The lowest BCUT2D eigenvalue weighted by Crippen LogP contribution is -2.52. The molecule has 1 aliphatic carbocycles. The Labute approximate surface area is 157 Å². The van der Waals surface area contributed by atoms with Gasteiger partial charge < -0.3 is 15.5 Å². The first-order chi connectivity index (χ1) is 13.1. The van der Waals surface area contributed by atoms with Crippen LogP contribution in [-0.4, -0.2) is 47.3 Å². The van der Waals surface area contributed by atoms with Crippen LogP contribution in [-0.2, 0) is 22.7 Å². The summed E-state index contributed by atoms with van der Waals surface area (Å²) in [5, 5.41) is 9.55. The smallest absolute Gasteiger partial charge is 0.255 e. The van der Waals surface area contributed by atoms with E-state index >= 15 is 0 Å². The van der Waals surface area contributed by atoms with Crippen LogP contribution in [0.3, 0.4) is 0 Å². The third-order valence-electron chi connectivity index (χ3n) is 6.37. The molecule has 1 unspecified atom stereocenters. The standard InChI is InChI=1S/C20H24N4O3/c25-18-4-3-17(19(26)23-18)24-10-12-7-11(1-2-13(12)20(24)27)9-22-15-5-6-21-16-8-14(15)16/h1-2,7,14-17,21-22H,3-6,8-10H2,(H,23,25,26)/t14-,15-,16-,17?/m1/s1. The minimum absolute atomic E-state index is 0.113. The SMILES string of the molecule is O=C1CCC(N2Cc3cc(CN[C@@H]4CCN[C@@H]5C[C@H]45)ccc3C2=O)C(=O)N1. The molecule has 3 fully saturated rings. The molecule has 1 aromatic carbocycles. The summed E-state index contributed by atoms with van der Waals surface area (Å²) >= 11 is 0. The average Bonchev–Trinajstić information content (AvgIpc) is 3.38. The van der Waals surface area contributed by atoms with Gasteiger partial charge in [-0.25, -0.2) is 0 Å². The third-order valence-corrected chi connectivity index (χ3v) is 6.37. The predicted octanol–water partition coefficient (Wildman–Crippen LogP) is 0.288. The molecule has 142 valence electrons. The highest BCUT2D eigenvalue weighted by Gasteiger charge is 2.45. The summed E-state index contributed by atoms with van der Waals surface area (Å²) in [6, 6.07) is 6.69. The Morgan fingerprint density at radius 1 is 1.19 bits per heavy atom. The van der Waals surface area contributed by atoms with Gasteiger partial charge in [0.1, 0.15) is 6.04 Å². The molecule has 5 rings (SSSR count). The second kappa shape index (κ2) is 6.42. The summed E-state index contributed by atoms with van der Waals surface area (Å²) in [5.74, 6) is 0.0275. The first-order valence-corrected chi connectivity index (χ1v) is 9.83. The second-order valence-electron chi connectivity index (χ2n) is 8.13. The number of piperidine rings is 2. The van der Waals surface area contributed by atoms with Crippen molar-refractivity contribution in [1.82, 2.24) is 20.9 Å². The molecule has 3 aliphatic heterocycles. The minimum atomic E-state index is -0.550. The van der Waals surface area contributed by atoms with Crippen LogP contribution in [0, 0.1) is 5.92 Å². The maximum absolute atomic E-state index is 12.7. The van der Waals surface area contributed by atoms with Gasteiger partial charge in [0.25, 0.3) is 5.91 Å². The number of carbonyl (C=O) groups excluding carboxylic acids is 3. The van der Waals surface area contributed by atoms with E-state index in [1.807, 2.05) is 12.1 Å². The Kier molecular flexibility index (Phi) is 4.02. The molecule has 7 heteroatoms. The number of hydrogen-bond acceptors (Lipinski definition) is 5. The fraction of sp³-hybridized carbons (Fsp3) is 0.550. The van der Waals surface area contributed by atoms with Crippen molar-refractivity contribution in [2.24, 2.45) is 5.92 Å². The van der Waals surface area contributed by atoms with Gasteiger partial charge in [0, 0.05) is 37.2 Å². The van der Waals surface area contributed by atoms with Crippen molar-refractivity contribution >= 4 is 17.7 Å². The summed E-state index contributed by atoms with van der Waals surface area (Å²) in [6.07, 6.45) is 3.12. The molecule has 2 saturated heterocycles. The van der Waals surface area contributed by atoms with Crippen LogP contribution in [0.2, 0.25) is 0 Å². The van der Waals surface area contributed by atoms with E-state index in [9.17, 15) is 14.4 Å². The number of amides is 3. The highest BCUT2D eigenvalue weighted by Crippen LogP contribution is 2.38. The molecule has 27 heavy (non-hydrogen) atoms. The molecule has 4 atom stereocenters. The van der Waals surface area contributed by atoms with E-state index in [1.165, 1.54) is 12.0 Å². The van der Waals surface area contributed by atoms with E-state index in [2.05, 4.69) is 22.0 Å². The molecule has 1 saturated carbocycles. The van der Waals surface area contributed by atoms with Crippen LogP contribution in [0.5, 0.6) is 0 Å². The molecule has 0 bridgehead atoms. The number of nitrogens with one attached hydrogen (secondary N) is 3. The lowest BCUT2D eigenvalue weighted by molar-refractivity contribution is -0.136. The van der Waals surface area contributed by atoms with Crippen molar-refractivity contribution in [3.8, 4) is 0 Å². The highest BCUT2D eigenvalue weighted by molar-refractivity contribution is 6.05. The van der Waals surface area contributed by atoms with Crippen LogP contribution in [0.4, 0.5) is 0 Å². The van der Waals surface area contributed by atoms with Gasteiger partial charge >= 0.3 is 0 Å². The van der Waals surface area contributed by atoms with E-state index in [0.717, 1.165) is 31.0 Å². The maximum Gasteiger partial charge on any atom is 0.255 e. The summed E-state index contributed by atoms with van der Waals surface area (Å²) in [4.78, 5) is 37.8. The van der Waals surface area contributed by atoms with E-state index < -0.39 is 6.04 Å². The van der Waals surface area contributed by atoms with Crippen molar-refractivity contribution in [1.29, 1.82) is 0 Å². The van der Waals surface area contributed by atoms with Gasteiger partial charge in [0.2, 0.25) is 11.8 Å². The van der Waals surface area contributed by atoms with Gasteiger partial charge in [0.05, 0.1) is 0 Å². The molecule has 1 aromatic rings. The molecular formula is C20H24N4O3. The molecule has 7 nitrogen and oxygen atoms in total. The molecule has 0 aromatic heterocycles. The molecule has 3 heterocycles. The largest absolute Gasteiger partial charge is 0.322 e. The van der Waals surface area contributed by atoms with Gasteiger partial charge in [-0.2, -0.15) is 0 Å². The van der Waals surface area contributed by atoms with Crippen LogP contribution in [0.25, 0.3) is 0 Å². The van der Waals surface area contributed by atoms with Crippen LogP contribution in [0.1, 0.15) is 47.2 Å². The minimum Gasteiger partial charge on any atom is -0.322 e. The van der Waals surface area contributed by atoms with Gasteiger partial charge in [0.15, 0.2) is 0 Å². The van der Waals surface area contributed by atoms with Crippen LogP contribution in [0.15, 0.2) is 18.2 Å². The predicted molar refractivity (Wildman–Crippen MR) is 97.6 cm³/mol. The average molecular weight is 368 g/mol. The Hall–Kier alpha value is -2.25. The van der Waals surface area contributed by atoms with E-state index in [0.29, 0.717) is 30.6 Å². The number of nitrogens with zero attached hydrogens (tertiary/aromatic N) is 1. The number of fused-ring (bicyclic) bond motifs is 2. The first-order valence-electron chi connectivity index (χ1n) is 9.83. The van der Waals surface area contributed by atoms with Gasteiger partial charge in [-0.15, -0.1) is 0 Å². The number of carbonyl (C=O) groups is 3. The van der Waals surface area contributed by atoms with Crippen molar-refractivity contribution < 1.29 is 14.4 Å². The van der Waals surface area contributed by atoms with Crippen molar-refractivity contribution in [2.75, 3.05) is 6.54 Å². The fourth-order valence-electron chi connectivity index (χ4n) is 4.77. The van der Waals surface area contributed by atoms with E-state index in [1.54, 1.807) is 4.90 Å². The molecule has 0 radical (unpaired) electrons. The van der Waals surface area contributed by atoms with E-state index in [-0.39, 0.29) is 24.1 Å². The monoisotopic (exact) mass is 368 g/mol. The summed E-state index contributed by atoms with van der Waals surface area (Å²) in [7, 11) is 0. The normalized spacial score (nSPS) is 32.1. The molecule has 3 amide bonds. The molecule has 4 aliphatic rings. The Bertz CT molecular complexity index is 823. The van der Waals surface area contributed by atoms with Crippen LogP contribution < -0.4 is 16.0 Å². The Morgan fingerprint density at radius 2 is 2.07 bits per heavy atom. The maximum atomic E-state index is 12.7. The quantitative estimate of drug-likeness (QED) is 0.665. The zero-order valence-electron chi connectivity index (χ0n) is 15.2. The van der Waals surface area contributed by atoms with Crippen molar-refractivity contribution in [3.05, 3.63) is 34.9 Å². The zero-order valence-corrected chi connectivity index (χ0v) is 15.2. The van der Waals surface area contributed by atoms with Gasteiger partial charge in [-0.3, -0.25) is 19.7 Å². The van der Waals surface area contributed by atoms with Crippen molar-refractivity contribution in [2.45, 2.75) is 56.9 Å². The van der Waals surface area contributed by atoms with Gasteiger partial charge in [-0.05, 0) is 48.9 Å². The molecular weight excluding hydrogens is 344 g/mol. The molecule has 0 spiro atoms.